The van der Waals surface area contributed by atoms with E-state index in [1.165, 1.54) is 18.2 Å². The smallest absolute Gasteiger partial charge is 0.238 e. The van der Waals surface area contributed by atoms with Gasteiger partial charge in [0.2, 0.25) is 10.0 Å². The molecule has 1 aliphatic rings. The molecule has 0 aliphatic heterocycles. The molecule has 1 aliphatic carbocycles. The topological polar surface area (TPSA) is 67.4 Å². The van der Waals surface area contributed by atoms with Gasteiger partial charge in [0.15, 0.2) is 17.4 Å². The third-order valence-corrected chi connectivity index (χ3v) is 7.58. The van der Waals surface area contributed by atoms with E-state index in [1.54, 1.807) is 6.07 Å². The van der Waals surface area contributed by atoms with Gasteiger partial charge in [-0.15, -0.1) is 6.58 Å². The highest BCUT2D eigenvalue weighted by molar-refractivity contribution is 14.1. The lowest BCUT2D eigenvalue weighted by molar-refractivity contribution is 0.384. The number of benzene rings is 2. The van der Waals surface area contributed by atoms with Crippen molar-refractivity contribution in [2.24, 2.45) is 0 Å². The van der Waals surface area contributed by atoms with Crippen LogP contribution in [0.15, 0.2) is 36.9 Å². The molecule has 0 atom stereocenters. The molecule has 0 heterocycles. The second kappa shape index (κ2) is 8.05. The minimum Gasteiger partial charge on any atom is -0.493 e. The number of allylic oxidation sites excluding steroid dienone is 1. The molecule has 0 radical (unpaired) electrons. The Labute approximate surface area is 180 Å². The number of ether oxygens (including phenoxy) is 1. The summed E-state index contributed by atoms with van der Waals surface area (Å²) in [6.07, 6.45) is 2.40. The van der Waals surface area contributed by atoms with Gasteiger partial charge in [0.25, 0.3) is 0 Å². The summed E-state index contributed by atoms with van der Waals surface area (Å²) in [6, 6.07) is 4.83. The Morgan fingerprint density at radius 2 is 1.90 bits per heavy atom. The van der Waals surface area contributed by atoms with Crippen molar-refractivity contribution < 1.29 is 26.3 Å². The summed E-state index contributed by atoms with van der Waals surface area (Å²) in [5, 5.41) is 2.46. The van der Waals surface area contributed by atoms with Crippen LogP contribution in [-0.4, -0.2) is 20.3 Å². The standard InChI is InChI=1S/C19H18F3IN2O3S/c1-3-6-19(7-8-19)29(26,27)25-17-13(21)10-15(28-2)16(22)18(17)24-14-5-4-11(23)9-12(14)20/h3-5,9-10,24-25H,1,6-8H2,2H3. The maximum absolute atomic E-state index is 14.9. The molecule has 2 aromatic carbocycles. The lowest BCUT2D eigenvalue weighted by Gasteiger charge is -2.21. The first-order chi connectivity index (χ1) is 13.6. The second-order valence-electron chi connectivity index (χ2n) is 6.66. The van der Waals surface area contributed by atoms with Crippen LogP contribution in [0.25, 0.3) is 0 Å². The van der Waals surface area contributed by atoms with Crippen molar-refractivity contribution in [1.82, 2.24) is 0 Å². The Bertz CT molecular complexity index is 1070. The van der Waals surface area contributed by atoms with Gasteiger partial charge in [0.1, 0.15) is 17.2 Å². The van der Waals surface area contributed by atoms with E-state index in [9.17, 15) is 21.6 Å². The van der Waals surface area contributed by atoms with Gasteiger partial charge >= 0.3 is 0 Å². The quantitative estimate of drug-likeness (QED) is 0.353. The minimum absolute atomic E-state index is 0.148. The lowest BCUT2D eigenvalue weighted by Crippen LogP contribution is -2.30. The number of methoxy groups -OCH3 is 1. The zero-order valence-corrected chi connectivity index (χ0v) is 18.3. The molecule has 1 saturated carbocycles. The largest absolute Gasteiger partial charge is 0.493 e. The van der Waals surface area contributed by atoms with E-state index >= 15 is 0 Å². The zero-order chi connectivity index (χ0) is 21.4. The van der Waals surface area contributed by atoms with Crippen LogP contribution in [-0.2, 0) is 10.0 Å². The van der Waals surface area contributed by atoms with Crippen molar-refractivity contribution in [3.8, 4) is 5.75 Å². The summed E-state index contributed by atoms with van der Waals surface area (Å²) in [7, 11) is -2.92. The Morgan fingerprint density at radius 3 is 2.45 bits per heavy atom. The molecule has 0 saturated heterocycles. The van der Waals surface area contributed by atoms with Crippen molar-refractivity contribution in [3.05, 3.63) is 57.9 Å². The number of anilines is 3. The summed E-state index contributed by atoms with van der Waals surface area (Å²) in [6.45, 7) is 3.55. The van der Waals surface area contributed by atoms with Gasteiger partial charge in [-0.3, -0.25) is 4.72 Å². The molecule has 0 spiro atoms. The number of nitrogens with one attached hydrogen (secondary N) is 2. The van der Waals surface area contributed by atoms with Crippen LogP contribution in [0.1, 0.15) is 19.3 Å². The van der Waals surface area contributed by atoms with Gasteiger partial charge < -0.3 is 10.1 Å². The number of hydrogen-bond acceptors (Lipinski definition) is 4. The van der Waals surface area contributed by atoms with Gasteiger partial charge in [-0.05, 0) is 60.1 Å². The molecule has 5 nitrogen and oxygen atoms in total. The Balaban J connectivity index is 2.09. The average Bonchev–Trinajstić information content (AvgIpc) is 3.44. The molecule has 2 aromatic rings. The monoisotopic (exact) mass is 538 g/mol. The maximum atomic E-state index is 14.9. The highest BCUT2D eigenvalue weighted by Crippen LogP contribution is 2.48. The highest BCUT2D eigenvalue weighted by Gasteiger charge is 2.54. The van der Waals surface area contributed by atoms with Crippen molar-refractivity contribution in [3.63, 3.8) is 0 Å². The van der Waals surface area contributed by atoms with Gasteiger partial charge in [-0.1, -0.05) is 6.08 Å². The minimum atomic E-state index is -4.06. The highest BCUT2D eigenvalue weighted by atomic mass is 127. The van der Waals surface area contributed by atoms with Crippen molar-refractivity contribution in [2.45, 2.75) is 24.0 Å². The Kier molecular flexibility index (Phi) is 6.04. The SMILES string of the molecule is C=CCC1(S(=O)(=O)Nc2c(F)cc(OC)c(F)c2Nc2ccc(I)cc2F)CC1. The Morgan fingerprint density at radius 1 is 1.21 bits per heavy atom. The fourth-order valence-corrected chi connectivity index (χ4v) is 5.04. The lowest BCUT2D eigenvalue weighted by atomic mass is 10.2. The zero-order valence-electron chi connectivity index (χ0n) is 15.4. The first kappa shape index (κ1) is 21.8. The number of hydrogen-bond donors (Lipinski definition) is 2. The maximum Gasteiger partial charge on any atom is 0.238 e. The van der Waals surface area contributed by atoms with Gasteiger partial charge in [-0.2, -0.15) is 0 Å². The van der Waals surface area contributed by atoms with Crippen LogP contribution in [0.2, 0.25) is 0 Å². The first-order valence-electron chi connectivity index (χ1n) is 8.55. The van der Waals surface area contributed by atoms with E-state index in [0.717, 1.165) is 13.2 Å². The van der Waals surface area contributed by atoms with Crippen molar-refractivity contribution >= 4 is 49.7 Å². The summed E-state index contributed by atoms with van der Waals surface area (Å²) in [5.74, 6) is -3.28. The molecule has 0 amide bonds. The fraction of sp³-hybridized carbons (Fsp3) is 0.263. The van der Waals surface area contributed by atoms with E-state index in [4.69, 9.17) is 4.74 Å². The van der Waals surface area contributed by atoms with Crippen LogP contribution in [0.5, 0.6) is 5.75 Å². The first-order valence-corrected chi connectivity index (χ1v) is 11.1. The molecule has 10 heteroatoms. The number of halogens is 4. The molecule has 3 rings (SSSR count). The predicted octanol–water partition coefficient (Wildman–Crippen LogP) is 5.31. The molecule has 2 N–H and O–H groups in total. The second-order valence-corrected chi connectivity index (χ2v) is 9.98. The van der Waals surface area contributed by atoms with Gasteiger partial charge in [0, 0.05) is 9.64 Å². The fourth-order valence-electron chi connectivity index (χ4n) is 2.92. The predicted molar refractivity (Wildman–Crippen MR) is 115 cm³/mol. The van der Waals surface area contributed by atoms with Crippen LogP contribution < -0.4 is 14.8 Å². The van der Waals surface area contributed by atoms with E-state index in [0.29, 0.717) is 16.4 Å². The average molecular weight is 538 g/mol. The third-order valence-electron chi connectivity index (χ3n) is 4.72. The summed E-state index contributed by atoms with van der Waals surface area (Å²) < 4.78 is 76.0. The van der Waals surface area contributed by atoms with Gasteiger partial charge in [-0.25, -0.2) is 21.6 Å². The van der Waals surface area contributed by atoms with Crippen molar-refractivity contribution in [1.29, 1.82) is 0 Å². The molecule has 0 bridgehead atoms. The molecule has 1 fully saturated rings. The van der Waals surface area contributed by atoms with Gasteiger partial charge in [0.05, 0.1) is 17.5 Å². The molecule has 156 valence electrons. The van der Waals surface area contributed by atoms with Crippen LogP contribution >= 0.6 is 22.6 Å². The summed E-state index contributed by atoms with van der Waals surface area (Å²) in [4.78, 5) is 0. The van der Waals surface area contributed by atoms with Crippen LogP contribution in [0.3, 0.4) is 0 Å². The summed E-state index contributed by atoms with van der Waals surface area (Å²) >= 11 is 1.90. The van der Waals surface area contributed by atoms with E-state index in [-0.39, 0.29) is 12.1 Å². The van der Waals surface area contributed by atoms with E-state index < -0.39 is 49.3 Å². The molecule has 0 unspecified atom stereocenters. The normalized spacial score (nSPS) is 14.9. The van der Waals surface area contributed by atoms with Crippen LogP contribution in [0.4, 0.5) is 30.2 Å². The van der Waals surface area contributed by atoms with E-state index in [1.807, 2.05) is 22.6 Å². The molecular formula is C19H18F3IN2O3S. The summed E-state index contributed by atoms with van der Waals surface area (Å²) in [5.41, 5.74) is -1.36. The Hall–Kier alpha value is -1.95. The molecule has 0 aromatic heterocycles. The molecule has 29 heavy (non-hydrogen) atoms. The third kappa shape index (κ3) is 4.18. The van der Waals surface area contributed by atoms with Crippen LogP contribution in [0, 0.1) is 21.0 Å². The number of rotatable bonds is 8. The molecular weight excluding hydrogens is 520 g/mol. The van der Waals surface area contributed by atoms with Crippen molar-refractivity contribution in [2.75, 3.05) is 17.1 Å². The van der Waals surface area contributed by atoms with E-state index in [2.05, 4.69) is 16.6 Å². The number of sulfonamides is 1.